The van der Waals surface area contributed by atoms with E-state index in [9.17, 15) is 4.79 Å². The molecule has 17 heavy (non-hydrogen) atoms. The van der Waals surface area contributed by atoms with Gasteiger partial charge in [0.1, 0.15) is 0 Å². The fourth-order valence-electron chi connectivity index (χ4n) is 3.38. The molecule has 1 aliphatic carbocycles. The molecule has 1 saturated heterocycles. The molecular formula is C14H26N2O. The number of carbonyl (C=O) groups is 1. The molecule has 1 saturated carbocycles. The lowest BCUT2D eigenvalue weighted by Gasteiger charge is -2.43. The normalized spacial score (nSPS) is 38.4. The van der Waals surface area contributed by atoms with Crippen LogP contribution in [0.15, 0.2) is 0 Å². The minimum Gasteiger partial charge on any atom is -0.368 e. The Bertz CT molecular complexity index is 297. The number of rotatable bonds is 4. The van der Waals surface area contributed by atoms with Crippen LogP contribution in [-0.4, -0.2) is 29.4 Å². The summed E-state index contributed by atoms with van der Waals surface area (Å²) in [6.45, 7) is 8.75. The average Bonchev–Trinajstić information content (AvgIpc) is 2.53. The molecule has 0 unspecified atom stereocenters. The van der Waals surface area contributed by atoms with E-state index < -0.39 is 0 Å². The first-order chi connectivity index (χ1) is 7.93. The predicted molar refractivity (Wildman–Crippen MR) is 69.5 cm³/mol. The smallest absolute Gasteiger partial charge is 0.237 e. The number of nitrogens with zero attached hydrogens (tertiary/aromatic N) is 1. The Kier molecular flexibility index (Phi) is 3.48. The van der Waals surface area contributed by atoms with Crippen LogP contribution in [0.5, 0.6) is 0 Å². The summed E-state index contributed by atoms with van der Waals surface area (Å²) in [4.78, 5) is 13.9. The summed E-state index contributed by atoms with van der Waals surface area (Å²) < 4.78 is 0. The predicted octanol–water partition coefficient (Wildman–Crippen LogP) is 2.01. The van der Waals surface area contributed by atoms with Crippen molar-refractivity contribution in [2.75, 3.05) is 13.1 Å². The first-order valence-electron chi connectivity index (χ1n) is 6.98. The maximum absolute atomic E-state index is 11.6. The minimum atomic E-state index is -0.372. The SMILES string of the molecule is CC(C)C1CC(CN2CCC[C@@]2(C)C(N)=O)C1. The maximum Gasteiger partial charge on any atom is 0.237 e. The molecule has 0 spiro atoms. The van der Waals surface area contributed by atoms with Gasteiger partial charge in [-0.1, -0.05) is 13.8 Å². The van der Waals surface area contributed by atoms with Crippen molar-refractivity contribution in [2.24, 2.45) is 23.5 Å². The van der Waals surface area contributed by atoms with Gasteiger partial charge in [-0.2, -0.15) is 0 Å². The lowest BCUT2D eigenvalue weighted by atomic mass is 9.69. The van der Waals surface area contributed by atoms with Gasteiger partial charge in [0.05, 0.1) is 5.54 Å². The molecule has 0 aromatic heterocycles. The number of hydrogen-bond acceptors (Lipinski definition) is 2. The summed E-state index contributed by atoms with van der Waals surface area (Å²) in [7, 11) is 0. The third-order valence-corrected chi connectivity index (χ3v) is 5.01. The van der Waals surface area contributed by atoms with Gasteiger partial charge in [-0.15, -0.1) is 0 Å². The van der Waals surface area contributed by atoms with Gasteiger partial charge in [0, 0.05) is 6.54 Å². The molecule has 2 N–H and O–H groups in total. The third-order valence-electron chi connectivity index (χ3n) is 5.01. The molecule has 0 aromatic rings. The van der Waals surface area contributed by atoms with Crippen LogP contribution >= 0.6 is 0 Å². The molecule has 0 radical (unpaired) electrons. The summed E-state index contributed by atoms with van der Waals surface area (Å²) in [6, 6.07) is 0. The van der Waals surface area contributed by atoms with E-state index in [1.807, 2.05) is 6.92 Å². The number of nitrogens with two attached hydrogens (primary N) is 1. The van der Waals surface area contributed by atoms with Crippen LogP contribution in [0, 0.1) is 17.8 Å². The Morgan fingerprint density at radius 1 is 1.47 bits per heavy atom. The zero-order valence-corrected chi connectivity index (χ0v) is 11.4. The van der Waals surface area contributed by atoms with Gasteiger partial charge in [0.25, 0.3) is 0 Å². The first kappa shape index (κ1) is 12.9. The summed E-state index contributed by atoms with van der Waals surface area (Å²) in [5.41, 5.74) is 5.18. The summed E-state index contributed by atoms with van der Waals surface area (Å²) in [5, 5.41) is 0. The van der Waals surface area contributed by atoms with Gasteiger partial charge >= 0.3 is 0 Å². The van der Waals surface area contributed by atoms with E-state index in [4.69, 9.17) is 5.73 Å². The van der Waals surface area contributed by atoms with Gasteiger partial charge in [0.15, 0.2) is 0 Å². The Balaban J connectivity index is 1.86. The highest BCUT2D eigenvalue weighted by molar-refractivity contribution is 5.84. The number of carbonyl (C=O) groups excluding carboxylic acids is 1. The van der Waals surface area contributed by atoms with Crippen molar-refractivity contribution in [3.8, 4) is 0 Å². The molecule has 3 heteroatoms. The molecule has 1 heterocycles. The fourth-order valence-corrected chi connectivity index (χ4v) is 3.38. The minimum absolute atomic E-state index is 0.144. The second-order valence-corrected chi connectivity index (χ2v) is 6.53. The van der Waals surface area contributed by atoms with Crippen LogP contribution in [0.2, 0.25) is 0 Å². The number of amides is 1. The van der Waals surface area contributed by atoms with Gasteiger partial charge in [0.2, 0.25) is 5.91 Å². The molecular weight excluding hydrogens is 212 g/mol. The second kappa shape index (κ2) is 4.60. The van der Waals surface area contributed by atoms with Crippen LogP contribution in [0.1, 0.15) is 46.5 Å². The Morgan fingerprint density at radius 3 is 2.65 bits per heavy atom. The number of likely N-dealkylation sites (tertiary alicyclic amines) is 1. The standard InChI is InChI=1S/C14H26N2O/c1-10(2)12-7-11(8-12)9-16-6-4-5-14(16,3)13(15)17/h10-12H,4-9H2,1-3H3,(H2,15,17)/t11?,12?,14-/m0/s1. The monoisotopic (exact) mass is 238 g/mol. The summed E-state index contributed by atoms with van der Waals surface area (Å²) in [5.74, 6) is 2.36. The van der Waals surface area contributed by atoms with Crippen LogP contribution in [0.4, 0.5) is 0 Å². The highest BCUT2D eigenvalue weighted by atomic mass is 16.1. The number of hydrogen-bond donors (Lipinski definition) is 1. The van der Waals surface area contributed by atoms with E-state index >= 15 is 0 Å². The van der Waals surface area contributed by atoms with E-state index in [2.05, 4.69) is 18.7 Å². The molecule has 2 fully saturated rings. The van der Waals surface area contributed by atoms with E-state index in [-0.39, 0.29) is 11.4 Å². The topological polar surface area (TPSA) is 46.3 Å². The second-order valence-electron chi connectivity index (χ2n) is 6.53. The van der Waals surface area contributed by atoms with Gasteiger partial charge < -0.3 is 5.73 Å². The van der Waals surface area contributed by atoms with Gasteiger partial charge in [-0.3, -0.25) is 9.69 Å². The van der Waals surface area contributed by atoms with Gasteiger partial charge in [-0.05, 0) is 56.9 Å². The Morgan fingerprint density at radius 2 is 2.12 bits per heavy atom. The van der Waals surface area contributed by atoms with Crippen molar-refractivity contribution < 1.29 is 4.79 Å². The van der Waals surface area contributed by atoms with Crippen molar-refractivity contribution in [1.29, 1.82) is 0 Å². The van der Waals surface area contributed by atoms with E-state index in [0.29, 0.717) is 0 Å². The average molecular weight is 238 g/mol. The highest BCUT2D eigenvalue weighted by Crippen LogP contribution is 2.41. The zero-order chi connectivity index (χ0) is 12.6. The van der Waals surface area contributed by atoms with Crippen molar-refractivity contribution in [2.45, 2.75) is 52.0 Å². The van der Waals surface area contributed by atoms with Crippen molar-refractivity contribution >= 4 is 5.91 Å². The quantitative estimate of drug-likeness (QED) is 0.814. The lowest BCUT2D eigenvalue weighted by Crippen LogP contribution is -2.53. The van der Waals surface area contributed by atoms with Crippen LogP contribution in [0.3, 0.4) is 0 Å². The molecule has 0 aromatic carbocycles. The Hall–Kier alpha value is -0.570. The van der Waals surface area contributed by atoms with Crippen molar-refractivity contribution in [3.63, 3.8) is 0 Å². The van der Waals surface area contributed by atoms with Crippen molar-refractivity contribution in [1.82, 2.24) is 4.90 Å². The zero-order valence-electron chi connectivity index (χ0n) is 11.4. The number of primary amides is 1. The fraction of sp³-hybridized carbons (Fsp3) is 0.929. The van der Waals surface area contributed by atoms with Crippen LogP contribution in [0.25, 0.3) is 0 Å². The van der Waals surface area contributed by atoms with E-state index in [1.54, 1.807) is 0 Å². The van der Waals surface area contributed by atoms with E-state index in [0.717, 1.165) is 43.7 Å². The first-order valence-corrected chi connectivity index (χ1v) is 6.98. The van der Waals surface area contributed by atoms with Crippen molar-refractivity contribution in [3.05, 3.63) is 0 Å². The molecule has 0 bridgehead atoms. The van der Waals surface area contributed by atoms with Crippen LogP contribution in [-0.2, 0) is 4.79 Å². The molecule has 98 valence electrons. The molecule has 2 aliphatic rings. The third kappa shape index (κ3) is 2.35. The molecule has 3 nitrogen and oxygen atoms in total. The summed E-state index contributed by atoms with van der Waals surface area (Å²) >= 11 is 0. The summed E-state index contributed by atoms with van der Waals surface area (Å²) in [6.07, 6.45) is 4.72. The molecule has 1 amide bonds. The maximum atomic E-state index is 11.6. The van der Waals surface area contributed by atoms with Gasteiger partial charge in [-0.25, -0.2) is 0 Å². The molecule has 1 aliphatic heterocycles. The largest absolute Gasteiger partial charge is 0.368 e. The highest BCUT2D eigenvalue weighted by Gasteiger charge is 2.44. The lowest BCUT2D eigenvalue weighted by molar-refractivity contribution is -0.128. The molecule has 2 rings (SSSR count). The van der Waals surface area contributed by atoms with Crippen LogP contribution < -0.4 is 5.73 Å². The Labute approximate surface area is 105 Å². The van der Waals surface area contributed by atoms with E-state index in [1.165, 1.54) is 12.8 Å². The molecule has 1 atom stereocenters.